The average molecular weight is 402 g/mol. The van der Waals surface area contributed by atoms with Gasteiger partial charge in [0.25, 0.3) is 21.7 Å². The van der Waals surface area contributed by atoms with Crippen LogP contribution in [0.3, 0.4) is 0 Å². The standard InChI is InChI=1S/C18H14N2O7S/c1-10-7-12(5-6-15(10)20(23)24)18(22)19-14-9-13(28(25,26)27)8-11-3-2-4-16(21)17(11)14/h2-9,21H,1H3,(H,19,22)(H,25,26,27). The van der Waals surface area contributed by atoms with Crippen LogP contribution in [0.4, 0.5) is 11.4 Å². The predicted octanol–water partition coefficient (Wildman–Crippen LogP) is 3.26. The van der Waals surface area contributed by atoms with Gasteiger partial charge in [-0.1, -0.05) is 12.1 Å². The first-order chi connectivity index (χ1) is 13.1. The van der Waals surface area contributed by atoms with E-state index in [1.54, 1.807) is 0 Å². The number of phenolic OH excluding ortho intramolecular Hbond substituents is 1. The Kier molecular flexibility index (Phi) is 4.75. The summed E-state index contributed by atoms with van der Waals surface area (Å²) in [5.74, 6) is -0.871. The van der Waals surface area contributed by atoms with Gasteiger partial charge in [0.15, 0.2) is 0 Å². The van der Waals surface area contributed by atoms with Crippen LogP contribution in [-0.2, 0) is 10.1 Å². The van der Waals surface area contributed by atoms with Gasteiger partial charge in [-0.2, -0.15) is 8.42 Å². The third-order valence-electron chi connectivity index (χ3n) is 4.13. The number of benzene rings is 3. The molecule has 3 aromatic rings. The first-order valence-electron chi connectivity index (χ1n) is 7.87. The molecule has 0 aliphatic rings. The molecule has 0 saturated heterocycles. The number of phenols is 1. The molecule has 28 heavy (non-hydrogen) atoms. The number of nitrogens with one attached hydrogen (secondary N) is 1. The van der Waals surface area contributed by atoms with Crippen molar-refractivity contribution >= 4 is 38.2 Å². The Labute approximate surface area is 159 Å². The lowest BCUT2D eigenvalue weighted by Gasteiger charge is -2.12. The fraction of sp³-hybridized carbons (Fsp3) is 0.0556. The van der Waals surface area contributed by atoms with Crippen LogP contribution >= 0.6 is 0 Å². The average Bonchev–Trinajstić information content (AvgIpc) is 2.60. The molecule has 0 fully saturated rings. The van der Waals surface area contributed by atoms with Crippen molar-refractivity contribution in [3.63, 3.8) is 0 Å². The molecule has 0 aliphatic carbocycles. The number of amides is 1. The van der Waals surface area contributed by atoms with E-state index in [0.29, 0.717) is 0 Å². The van der Waals surface area contributed by atoms with E-state index in [1.807, 2.05) is 0 Å². The number of hydrogen-bond acceptors (Lipinski definition) is 6. The molecule has 0 radical (unpaired) electrons. The van der Waals surface area contributed by atoms with E-state index in [0.717, 1.165) is 12.1 Å². The number of nitro groups is 1. The molecule has 144 valence electrons. The molecule has 9 nitrogen and oxygen atoms in total. The molecule has 0 aromatic heterocycles. The summed E-state index contributed by atoms with van der Waals surface area (Å²) in [6.45, 7) is 1.48. The van der Waals surface area contributed by atoms with Crippen molar-refractivity contribution in [1.29, 1.82) is 0 Å². The third kappa shape index (κ3) is 3.63. The van der Waals surface area contributed by atoms with Gasteiger partial charge < -0.3 is 10.4 Å². The molecule has 0 spiro atoms. The Hall–Kier alpha value is -3.50. The minimum Gasteiger partial charge on any atom is -0.507 e. The molecule has 3 N–H and O–H groups in total. The molecule has 1 amide bonds. The number of nitro benzene ring substituents is 1. The van der Waals surface area contributed by atoms with E-state index in [2.05, 4.69) is 5.32 Å². The number of aromatic hydroxyl groups is 1. The fourth-order valence-electron chi connectivity index (χ4n) is 2.82. The molecule has 0 unspecified atom stereocenters. The van der Waals surface area contributed by atoms with Gasteiger partial charge >= 0.3 is 0 Å². The highest BCUT2D eigenvalue weighted by Gasteiger charge is 2.19. The lowest BCUT2D eigenvalue weighted by atomic mass is 10.1. The summed E-state index contributed by atoms with van der Waals surface area (Å²) in [4.78, 5) is 22.5. The summed E-state index contributed by atoms with van der Waals surface area (Å²) in [7, 11) is -4.56. The van der Waals surface area contributed by atoms with Crippen LogP contribution in [0.2, 0.25) is 0 Å². The minimum absolute atomic E-state index is 0.0377. The zero-order valence-corrected chi connectivity index (χ0v) is 15.2. The number of anilines is 1. The molecule has 0 bridgehead atoms. The van der Waals surface area contributed by atoms with Crippen molar-refractivity contribution in [1.82, 2.24) is 0 Å². The molecule has 0 saturated carbocycles. The van der Waals surface area contributed by atoms with E-state index >= 15 is 0 Å². The molecule has 0 aliphatic heterocycles. The van der Waals surface area contributed by atoms with Gasteiger partial charge in [0.05, 0.1) is 15.5 Å². The molecule has 10 heteroatoms. The zero-order valence-electron chi connectivity index (χ0n) is 14.4. The Balaban J connectivity index is 2.10. The van der Waals surface area contributed by atoms with Crippen LogP contribution in [0.25, 0.3) is 10.8 Å². The van der Waals surface area contributed by atoms with E-state index < -0.39 is 25.8 Å². The maximum Gasteiger partial charge on any atom is 0.294 e. The van der Waals surface area contributed by atoms with Crippen molar-refractivity contribution in [3.05, 3.63) is 69.8 Å². The Bertz CT molecular complexity index is 1240. The fourth-order valence-corrected chi connectivity index (χ4v) is 3.37. The Morgan fingerprint density at radius 1 is 1.14 bits per heavy atom. The van der Waals surface area contributed by atoms with Gasteiger partial charge in [-0.3, -0.25) is 19.5 Å². The summed E-state index contributed by atoms with van der Waals surface area (Å²) in [6.07, 6.45) is 0. The summed E-state index contributed by atoms with van der Waals surface area (Å²) >= 11 is 0. The highest BCUT2D eigenvalue weighted by Crippen LogP contribution is 2.34. The van der Waals surface area contributed by atoms with Crippen LogP contribution in [0.15, 0.2) is 53.4 Å². The number of hydrogen-bond donors (Lipinski definition) is 3. The monoisotopic (exact) mass is 402 g/mol. The molecule has 0 heterocycles. The second kappa shape index (κ2) is 6.91. The van der Waals surface area contributed by atoms with Gasteiger partial charge in [-0.05, 0) is 42.6 Å². The number of aryl methyl sites for hydroxylation is 1. The van der Waals surface area contributed by atoms with E-state index in [9.17, 15) is 33.0 Å². The first-order valence-corrected chi connectivity index (χ1v) is 9.31. The zero-order chi connectivity index (χ0) is 20.6. The third-order valence-corrected chi connectivity index (χ3v) is 4.96. The van der Waals surface area contributed by atoms with Crippen LogP contribution in [0.5, 0.6) is 5.75 Å². The lowest BCUT2D eigenvalue weighted by Crippen LogP contribution is -2.13. The maximum atomic E-state index is 12.6. The van der Waals surface area contributed by atoms with Crippen molar-refractivity contribution in [3.8, 4) is 5.75 Å². The second-order valence-electron chi connectivity index (χ2n) is 6.03. The van der Waals surface area contributed by atoms with E-state index in [-0.39, 0.29) is 39.0 Å². The van der Waals surface area contributed by atoms with Gasteiger partial charge in [0, 0.05) is 22.6 Å². The van der Waals surface area contributed by atoms with Crippen molar-refractivity contribution in [2.24, 2.45) is 0 Å². The topological polar surface area (TPSA) is 147 Å². The quantitative estimate of drug-likeness (QED) is 0.345. The highest BCUT2D eigenvalue weighted by atomic mass is 32.2. The number of rotatable bonds is 4. The van der Waals surface area contributed by atoms with Gasteiger partial charge in [0.1, 0.15) is 5.75 Å². The van der Waals surface area contributed by atoms with Gasteiger partial charge in [0.2, 0.25) is 0 Å². The van der Waals surface area contributed by atoms with Crippen LogP contribution in [0, 0.1) is 17.0 Å². The van der Waals surface area contributed by atoms with Crippen molar-refractivity contribution < 1.29 is 27.8 Å². The van der Waals surface area contributed by atoms with Crippen LogP contribution in [0.1, 0.15) is 15.9 Å². The number of fused-ring (bicyclic) bond motifs is 1. The molecular formula is C18H14N2O7S. The smallest absolute Gasteiger partial charge is 0.294 e. The number of nitrogens with zero attached hydrogens (tertiary/aromatic N) is 1. The van der Waals surface area contributed by atoms with Gasteiger partial charge in [-0.25, -0.2) is 0 Å². The number of carbonyl (C=O) groups is 1. The van der Waals surface area contributed by atoms with E-state index in [4.69, 9.17) is 0 Å². The number of carbonyl (C=O) groups excluding carboxylic acids is 1. The van der Waals surface area contributed by atoms with Crippen LogP contribution < -0.4 is 5.32 Å². The SMILES string of the molecule is Cc1cc(C(=O)Nc2cc(S(=O)(=O)O)cc3cccc(O)c23)ccc1[N+](=O)[O-]. The second-order valence-corrected chi connectivity index (χ2v) is 7.46. The molecule has 3 aromatic carbocycles. The summed E-state index contributed by atoms with van der Waals surface area (Å²) in [5.41, 5.74) is 0.193. The molecule has 3 rings (SSSR count). The minimum atomic E-state index is -4.56. The highest BCUT2D eigenvalue weighted by molar-refractivity contribution is 7.85. The van der Waals surface area contributed by atoms with Crippen molar-refractivity contribution in [2.45, 2.75) is 11.8 Å². The largest absolute Gasteiger partial charge is 0.507 e. The predicted molar refractivity (Wildman–Crippen MR) is 101 cm³/mol. The van der Waals surface area contributed by atoms with Gasteiger partial charge in [-0.15, -0.1) is 0 Å². The van der Waals surface area contributed by atoms with E-state index in [1.165, 1.54) is 43.3 Å². The summed E-state index contributed by atoms with van der Waals surface area (Å²) in [6, 6.07) is 10.3. The summed E-state index contributed by atoms with van der Waals surface area (Å²) in [5, 5.41) is 24.0. The Morgan fingerprint density at radius 3 is 2.46 bits per heavy atom. The van der Waals surface area contributed by atoms with Crippen molar-refractivity contribution in [2.75, 3.05) is 5.32 Å². The molecule has 0 atom stereocenters. The maximum absolute atomic E-state index is 12.6. The first kappa shape index (κ1) is 19.3. The Morgan fingerprint density at radius 2 is 1.86 bits per heavy atom. The normalized spacial score (nSPS) is 11.4. The summed E-state index contributed by atoms with van der Waals surface area (Å²) < 4.78 is 32.4. The molecular weight excluding hydrogens is 388 g/mol. The van der Waals surface area contributed by atoms with Crippen LogP contribution in [-0.4, -0.2) is 28.9 Å². The lowest BCUT2D eigenvalue weighted by molar-refractivity contribution is -0.385.